The summed E-state index contributed by atoms with van der Waals surface area (Å²) in [7, 11) is 0. The zero-order valence-corrected chi connectivity index (χ0v) is 11.2. The number of hydrogen-bond donors (Lipinski definition) is 1. The molecule has 1 fully saturated rings. The van der Waals surface area contributed by atoms with Crippen molar-refractivity contribution in [2.24, 2.45) is 5.92 Å². The third-order valence-electron chi connectivity index (χ3n) is 3.03. The van der Waals surface area contributed by atoms with E-state index in [2.05, 4.69) is 14.9 Å². The van der Waals surface area contributed by atoms with Crippen molar-refractivity contribution in [3.63, 3.8) is 0 Å². The van der Waals surface area contributed by atoms with Crippen LogP contribution in [0.4, 0.5) is 5.82 Å². The fraction of sp³-hybridized carbons (Fsp3) is 0.667. The summed E-state index contributed by atoms with van der Waals surface area (Å²) in [5.41, 5.74) is 0. The second kappa shape index (κ2) is 6.31. The van der Waals surface area contributed by atoms with Crippen LogP contribution in [0, 0.1) is 5.92 Å². The molecule has 0 radical (unpaired) electrons. The minimum absolute atomic E-state index is 0.223. The molecule has 0 aromatic carbocycles. The van der Waals surface area contributed by atoms with E-state index in [0.29, 0.717) is 30.1 Å². The molecule has 1 aliphatic heterocycles. The Bertz CT molecular complexity index is 403. The Labute approximate surface area is 112 Å². The monoisotopic (exact) mass is 271 g/mol. The molecule has 1 atom stereocenters. The van der Waals surface area contributed by atoms with E-state index in [4.69, 9.17) is 21.4 Å². The number of aromatic nitrogens is 2. The van der Waals surface area contributed by atoms with Gasteiger partial charge in [-0.1, -0.05) is 11.6 Å². The molecule has 2 heterocycles. The van der Waals surface area contributed by atoms with E-state index >= 15 is 0 Å². The molecule has 1 unspecified atom stereocenters. The summed E-state index contributed by atoms with van der Waals surface area (Å²) in [6, 6.07) is 1.76. The molecule has 1 saturated heterocycles. The first-order valence-electron chi connectivity index (χ1n) is 6.20. The van der Waals surface area contributed by atoms with Crippen molar-refractivity contribution in [1.82, 2.24) is 9.97 Å². The summed E-state index contributed by atoms with van der Waals surface area (Å²) in [6.45, 7) is 4.87. The van der Waals surface area contributed by atoms with Crippen LogP contribution < -0.4 is 4.90 Å². The minimum atomic E-state index is 0.223. The van der Waals surface area contributed by atoms with E-state index in [1.165, 1.54) is 0 Å². The molecule has 6 heteroatoms. The highest BCUT2D eigenvalue weighted by atomic mass is 35.5. The normalized spacial score (nSPS) is 19.5. The second-order valence-electron chi connectivity index (χ2n) is 4.39. The van der Waals surface area contributed by atoms with Crippen molar-refractivity contribution in [3.8, 4) is 0 Å². The average molecular weight is 272 g/mol. The lowest BCUT2D eigenvalue weighted by Crippen LogP contribution is -2.22. The highest BCUT2D eigenvalue weighted by Crippen LogP contribution is 2.23. The Balaban J connectivity index is 2.10. The molecular weight excluding hydrogens is 254 g/mol. The van der Waals surface area contributed by atoms with Gasteiger partial charge in [0.25, 0.3) is 0 Å². The van der Waals surface area contributed by atoms with Gasteiger partial charge in [0.2, 0.25) is 0 Å². The predicted octanol–water partition coefficient (Wildman–Crippen LogP) is 1.49. The average Bonchev–Trinajstić information content (AvgIpc) is 2.84. The molecule has 0 spiro atoms. The molecule has 0 amide bonds. The van der Waals surface area contributed by atoms with Crippen LogP contribution in [-0.2, 0) is 11.3 Å². The summed E-state index contributed by atoms with van der Waals surface area (Å²) < 4.78 is 5.29. The quantitative estimate of drug-likeness (QED) is 0.822. The standard InChI is InChI=1S/C12H18ClN3O2/c1-2-18-8-11-14-10(13)5-12(15-11)16-4-3-9(6-16)7-17/h5,9,17H,2-4,6-8H2,1H3. The summed E-state index contributed by atoms with van der Waals surface area (Å²) in [6.07, 6.45) is 0.985. The molecule has 1 N–H and O–H groups in total. The van der Waals surface area contributed by atoms with E-state index in [0.717, 1.165) is 25.3 Å². The van der Waals surface area contributed by atoms with Crippen LogP contribution in [0.3, 0.4) is 0 Å². The predicted molar refractivity (Wildman–Crippen MR) is 69.8 cm³/mol. The van der Waals surface area contributed by atoms with Crippen LogP contribution in [0.25, 0.3) is 0 Å². The first-order chi connectivity index (χ1) is 8.72. The van der Waals surface area contributed by atoms with Crippen LogP contribution in [-0.4, -0.2) is 41.4 Å². The Hall–Kier alpha value is -0.910. The largest absolute Gasteiger partial charge is 0.396 e. The van der Waals surface area contributed by atoms with Crippen molar-refractivity contribution < 1.29 is 9.84 Å². The van der Waals surface area contributed by atoms with Crippen molar-refractivity contribution in [2.75, 3.05) is 31.2 Å². The molecule has 100 valence electrons. The number of rotatable bonds is 5. The van der Waals surface area contributed by atoms with E-state index in [1.807, 2.05) is 6.92 Å². The molecule has 2 rings (SSSR count). The maximum atomic E-state index is 9.15. The molecular formula is C12H18ClN3O2. The van der Waals surface area contributed by atoms with Gasteiger partial charge in [-0.15, -0.1) is 0 Å². The van der Waals surface area contributed by atoms with E-state index < -0.39 is 0 Å². The number of nitrogens with zero attached hydrogens (tertiary/aromatic N) is 3. The zero-order valence-electron chi connectivity index (χ0n) is 10.5. The molecule has 0 saturated carbocycles. The first-order valence-corrected chi connectivity index (χ1v) is 6.57. The number of hydrogen-bond acceptors (Lipinski definition) is 5. The summed E-state index contributed by atoms with van der Waals surface area (Å²) in [5, 5.41) is 9.58. The van der Waals surface area contributed by atoms with Gasteiger partial charge in [0.1, 0.15) is 17.6 Å². The van der Waals surface area contributed by atoms with E-state index in [-0.39, 0.29) is 6.61 Å². The zero-order chi connectivity index (χ0) is 13.0. The molecule has 0 aliphatic carbocycles. The van der Waals surface area contributed by atoms with Crippen molar-refractivity contribution in [2.45, 2.75) is 20.0 Å². The lowest BCUT2D eigenvalue weighted by Gasteiger charge is -2.18. The Morgan fingerprint density at radius 2 is 2.39 bits per heavy atom. The van der Waals surface area contributed by atoms with Crippen LogP contribution in [0.15, 0.2) is 6.07 Å². The Kier molecular flexibility index (Phi) is 4.74. The maximum absolute atomic E-state index is 9.15. The van der Waals surface area contributed by atoms with Crippen molar-refractivity contribution in [3.05, 3.63) is 17.0 Å². The van der Waals surface area contributed by atoms with Gasteiger partial charge in [0.15, 0.2) is 5.82 Å². The second-order valence-corrected chi connectivity index (χ2v) is 4.77. The number of anilines is 1. The number of ether oxygens (including phenoxy) is 1. The van der Waals surface area contributed by atoms with Crippen LogP contribution >= 0.6 is 11.6 Å². The van der Waals surface area contributed by atoms with Crippen LogP contribution in [0.5, 0.6) is 0 Å². The van der Waals surface area contributed by atoms with Gasteiger partial charge in [-0.2, -0.15) is 0 Å². The maximum Gasteiger partial charge on any atom is 0.158 e. The highest BCUT2D eigenvalue weighted by molar-refractivity contribution is 6.29. The van der Waals surface area contributed by atoms with Crippen LogP contribution in [0.1, 0.15) is 19.2 Å². The summed E-state index contributed by atoms with van der Waals surface area (Å²) in [4.78, 5) is 10.7. The molecule has 1 aromatic rings. The van der Waals surface area contributed by atoms with Gasteiger partial charge in [-0.25, -0.2) is 9.97 Å². The van der Waals surface area contributed by atoms with E-state index in [1.54, 1.807) is 6.07 Å². The Morgan fingerprint density at radius 1 is 1.56 bits per heavy atom. The summed E-state index contributed by atoms with van der Waals surface area (Å²) >= 11 is 5.99. The third-order valence-corrected chi connectivity index (χ3v) is 3.22. The lowest BCUT2D eigenvalue weighted by molar-refractivity contribution is 0.128. The topological polar surface area (TPSA) is 58.5 Å². The van der Waals surface area contributed by atoms with Crippen molar-refractivity contribution in [1.29, 1.82) is 0 Å². The van der Waals surface area contributed by atoms with Gasteiger partial charge in [0, 0.05) is 38.3 Å². The van der Waals surface area contributed by atoms with Gasteiger partial charge < -0.3 is 14.7 Å². The smallest absolute Gasteiger partial charge is 0.158 e. The fourth-order valence-corrected chi connectivity index (χ4v) is 2.26. The molecule has 5 nitrogen and oxygen atoms in total. The fourth-order valence-electron chi connectivity index (χ4n) is 2.06. The molecule has 1 aliphatic rings. The molecule has 18 heavy (non-hydrogen) atoms. The number of halogens is 1. The van der Waals surface area contributed by atoms with Gasteiger partial charge in [0.05, 0.1) is 0 Å². The van der Waals surface area contributed by atoms with Gasteiger partial charge >= 0.3 is 0 Å². The van der Waals surface area contributed by atoms with Crippen LogP contribution in [0.2, 0.25) is 5.15 Å². The minimum Gasteiger partial charge on any atom is -0.396 e. The van der Waals surface area contributed by atoms with Gasteiger partial charge in [-0.05, 0) is 13.3 Å². The third kappa shape index (κ3) is 3.31. The first kappa shape index (κ1) is 13.5. The lowest BCUT2D eigenvalue weighted by atomic mass is 10.1. The van der Waals surface area contributed by atoms with Crippen molar-refractivity contribution >= 4 is 17.4 Å². The SMILES string of the molecule is CCOCc1nc(Cl)cc(N2CCC(CO)C2)n1. The number of aliphatic hydroxyl groups is 1. The molecule has 0 bridgehead atoms. The molecule has 1 aromatic heterocycles. The number of aliphatic hydroxyl groups excluding tert-OH is 1. The Morgan fingerprint density at radius 3 is 3.06 bits per heavy atom. The van der Waals surface area contributed by atoms with E-state index in [9.17, 15) is 0 Å². The highest BCUT2D eigenvalue weighted by Gasteiger charge is 2.23. The van der Waals surface area contributed by atoms with Gasteiger partial charge in [-0.3, -0.25) is 0 Å². The summed E-state index contributed by atoms with van der Waals surface area (Å²) in [5.74, 6) is 1.75.